The van der Waals surface area contributed by atoms with Crippen molar-refractivity contribution in [3.05, 3.63) is 24.0 Å². The van der Waals surface area contributed by atoms with E-state index in [4.69, 9.17) is 4.74 Å². The van der Waals surface area contributed by atoms with Gasteiger partial charge in [-0.05, 0) is 38.3 Å². The first-order valence-corrected chi connectivity index (χ1v) is 7.66. The number of rotatable bonds is 5. The average molecular weight is 292 g/mol. The maximum Gasteiger partial charge on any atom is 0.309 e. The topological polar surface area (TPSA) is 51.5 Å². The molecule has 0 atom stereocenters. The maximum absolute atomic E-state index is 12.2. The standard InChI is InChI=1S/C16H24N2O3/c1-3-21-16(20)13-8-11-18(12-9-13)15(19)7-6-14-5-4-10-17(14)2/h4-5,10,13H,3,6-9,11-12H2,1-2H3. The molecule has 116 valence electrons. The van der Waals surface area contributed by atoms with Crippen LogP contribution < -0.4 is 0 Å². The van der Waals surface area contributed by atoms with Crippen LogP contribution in [0.15, 0.2) is 18.3 Å². The van der Waals surface area contributed by atoms with Crippen LogP contribution in [0.25, 0.3) is 0 Å². The van der Waals surface area contributed by atoms with Crippen LogP contribution in [0.4, 0.5) is 0 Å². The van der Waals surface area contributed by atoms with Gasteiger partial charge in [-0.2, -0.15) is 0 Å². The molecule has 1 saturated heterocycles. The van der Waals surface area contributed by atoms with Crippen molar-refractivity contribution in [2.24, 2.45) is 13.0 Å². The molecular weight excluding hydrogens is 268 g/mol. The second kappa shape index (κ2) is 7.29. The van der Waals surface area contributed by atoms with Crippen molar-refractivity contribution >= 4 is 11.9 Å². The van der Waals surface area contributed by atoms with Gasteiger partial charge in [0.1, 0.15) is 0 Å². The van der Waals surface area contributed by atoms with E-state index in [0.717, 1.165) is 6.42 Å². The smallest absolute Gasteiger partial charge is 0.309 e. The van der Waals surface area contributed by atoms with Crippen molar-refractivity contribution in [3.8, 4) is 0 Å². The SMILES string of the molecule is CCOC(=O)C1CCN(C(=O)CCc2cccn2C)CC1. The Morgan fingerprint density at radius 2 is 2.05 bits per heavy atom. The summed E-state index contributed by atoms with van der Waals surface area (Å²) in [6.07, 6.45) is 4.72. The molecule has 5 nitrogen and oxygen atoms in total. The third-order valence-electron chi connectivity index (χ3n) is 4.11. The minimum atomic E-state index is -0.117. The van der Waals surface area contributed by atoms with E-state index in [-0.39, 0.29) is 17.8 Å². The number of piperidine rings is 1. The minimum Gasteiger partial charge on any atom is -0.466 e. The van der Waals surface area contributed by atoms with Gasteiger partial charge >= 0.3 is 5.97 Å². The lowest BCUT2D eigenvalue weighted by Crippen LogP contribution is -2.40. The molecule has 1 aromatic rings. The van der Waals surface area contributed by atoms with Crippen LogP contribution in [-0.4, -0.2) is 41.0 Å². The highest BCUT2D eigenvalue weighted by Gasteiger charge is 2.27. The molecule has 5 heteroatoms. The Morgan fingerprint density at radius 1 is 1.33 bits per heavy atom. The first-order chi connectivity index (χ1) is 10.1. The van der Waals surface area contributed by atoms with E-state index in [1.807, 2.05) is 41.8 Å². The van der Waals surface area contributed by atoms with Crippen LogP contribution >= 0.6 is 0 Å². The van der Waals surface area contributed by atoms with Crippen LogP contribution in [0, 0.1) is 5.92 Å². The molecule has 1 amide bonds. The second-order valence-corrected chi connectivity index (χ2v) is 5.52. The van der Waals surface area contributed by atoms with Gasteiger partial charge in [-0.3, -0.25) is 9.59 Å². The van der Waals surface area contributed by atoms with E-state index in [1.165, 1.54) is 5.69 Å². The Hall–Kier alpha value is -1.78. The molecule has 0 saturated carbocycles. The Balaban J connectivity index is 1.75. The Bertz CT molecular complexity index is 487. The molecule has 2 heterocycles. The molecule has 1 aliphatic rings. The van der Waals surface area contributed by atoms with Gasteiger partial charge in [0.2, 0.25) is 5.91 Å². The number of amides is 1. The highest BCUT2D eigenvalue weighted by molar-refractivity contribution is 5.77. The summed E-state index contributed by atoms with van der Waals surface area (Å²) in [7, 11) is 1.99. The summed E-state index contributed by atoms with van der Waals surface area (Å²) in [5, 5.41) is 0. The van der Waals surface area contributed by atoms with Crippen molar-refractivity contribution in [2.45, 2.75) is 32.6 Å². The van der Waals surface area contributed by atoms with Crippen LogP contribution in [0.5, 0.6) is 0 Å². The monoisotopic (exact) mass is 292 g/mol. The summed E-state index contributed by atoms with van der Waals surface area (Å²) in [6, 6.07) is 4.03. The van der Waals surface area contributed by atoms with Gasteiger partial charge in [0.15, 0.2) is 0 Å². The van der Waals surface area contributed by atoms with E-state index < -0.39 is 0 Å². The molecular formula is C16H24N2O3. The average Bonchev–Trinajstić information content (AvgIpc) is 2.90. The van der Waals surface area contributed by atoms with Gasteiger partial charge in [0, 0.05) is 38.4 Å². The number of hydrogen-bond donors (Lipinski definition) is 0. The maximum atomic E-state index is 12.2. The van der Waals surface area contributed by atoms with Crippen molar-refractivity contribution in [1.82, 2.24) is 9.47 Å². The molecule has 21 heavy (non-hydrogen) atoms. The fourth-order valence-corrected chi connectivity index (χ4v) is 2.77. The van der Waals surface area contributed by atoms with Gasteiger partial charge < -0.3 is 14.2 Å². The van der Waals surface area contributed by atoms with Crippen molar-refractivity contribution in [1.29, 1.82) is 0 Å². The highest BCUT2D eigenvalue weighted by atomic mass is 16.5. The fourth-order valence-electron chi connectivity index (χ4n) is 2.77. The molecule has 1 fully saturated rings. The number of esters is 1. The van der Waals surface area contributed by atoms with E-state index in [9.17, 15) is 9.59 Å². The molecule has 0 aliphatic carbocycles. The third-order valence-corrected chi connectivity index (χ3v) is 4.11. The van der Waals surface area contributed by atoms with E-state index in [0.29, 0.717) is 39.0 Å². The quantitative estimate of drug-likeness (QED) is 0.777. The summed E-state index contributed by atoms with van der Waals surface area (Å²) < 4.78 is 7.08. The van der Waals surface area contributed by atoms with E-state index in [1.54, 1.807) is 0 Å². The van der Waals surface area contributed by atoms with Gasteiger partial charge in [-0.15, -0.1) is 0 Å². The second-order valence-electron chi connectivity index (χ2n) is 5.52. The van der Waals surface area contributed by atoms with Gasteiger partial charge in [-0.1, -0.05) is 0 Å². The number of aryl methyl sites for hydroxylation is 2. The first kappa shape index (κ1) is 15.6. The number of carbonyl (C=O) groups is 2. The zero-order chi connectivity index (χ0) is 15.2. The van der Waals surface area contributed by atoms with E-state index >= 15 is 0 Å². The molecule has 0 spiro atoms. The Labute approximate surface area is 125 Å². The lowest BCUT2D eigenvalue weighted by atomic mass is 9.96. The lowest BCUT2D eigenvalue weighted by Gasteiger charge is -2.31. The van der Waals surface area contributed by atoms with E-state index in [2.05, 4.69) is 0 Å². The Morgan fingerprint density at radius 3 is 2.62 bits per heavy atom. The van der Waals surface area contributed by atoms with Crippen molar-refractivity contribution < 1.29 is 14.3 Å². The summed E-state index contributed by atoms with van der Waals surface area (Å²) in [5.41, 5.74) is 1.17. The number of aromatic nitrogens is 1. The Kier molecular flexibility index (Phi) is 5.42. The predicted octanol–water partition coefficient (Wildman–Crippen LogP) is 1.76. The van der Waals surface area contributed by atoms with Gasteiger partial charge in [0.25, 0.3) is 0 Å². The van der Waals surface area contributed by atoms with Crippen LogP contribution in [-0.2, 0) is 27.8 Å². The number of ether oxygens (including phenoxy) is 1. The number of likely N-dealkylation sites (tertiary alicyclic amines) is 1. The van der Waals surface area contributed by atoms with Crippen molar-refractivity contribution in [3.63, 3.8) is 0 Å². The number of nitrogens with zero attached hydrogens (tertiary/aromatic N) is 2. The summed E-state index contributed by atoms with van der Waals surface area (Å²) in [4.78, 5) is 25.7. The minimum absolute atomic E-state index is 0.0399. The molecule has 0 unspecified atom stereocenters. The van der Waals surface area contributed by atoms with Crippen LogP contribution in [0.2, 0.25) is 0 Å². The molecule has 1 aliphatic heterocycles. The summed E-state index contributed by atoms with van der Waals surface area (Å²) in [5.74, 6) is 0.0220. The largest absolute Gasteiger partial charge is 0.466 e. The summed E-state index contributed by atoms with van der Waals surface area (Å²) in [6.45, 7) is 3.57. The first-order valence-electron chi connectivity index (χ1n) is 7.66. The lowest BCUT2D eigenvalue weighted by molar-refractivity contribution is -0.151. The third kappa shape index (κ3) is 4.09. The zero-order valence-corrected chi connectivity index (χ0v) is 12.9. The normalized spacial score (nSPS) is 16.0. The van der Waals surface area contributed by atoms with Crippen LogP contribution in [0.1, 0.15) is 31.9 Å². The number of carbonyl (C=O) groups excluding carboxylic acids is 2. The zero-order valence-electron chi connectivity index (χ0n) is 12.9. The fraction of sp³-hybridized carbons (Fsp3) is 0.625. The molecule has 0 N–H and O–H groups in total. The van der Waals surface area contributed by atoms with Gasteiger partial charge in [-0.25, -0.2) is 0 Å². The molecule has 0 radical (unpaired) electrons. The molecule has 0 aromatic carbocycles. The summed E-state index contributed by atoms with van der Waals surface area (Å²) >= 11 is 0. The van der Waals surface area contributed by atoms with Crippen molar-refractivity contribution in [2.75, 3.05) is 19.7 Å². The predicted molar refractivity (Wildman–Crippen MR) is 79.7 cm³/mol. The van der Waals surface area contributed by atoms with Crippen LogP contribution in [0.3, 0.4) is 0 Å². The molecule has 0 bridgehead atoms. The highest BCUT2D eigenvalue weighted by Crippen LogP contribution is 2.19. The number of hydrogen-bond acceptors (Lipinski definition) is 3. The van der Waals surface area contributed by atoms with Gasteiger partial charge in [0.05, 0.1) is 12.5 Å². The molecule has 1 aromatic heterocycles. The molecule has 2 rings (SSSR count).